The quantitative estimate of drug-likeness (QED) is 0.735. The molecule has 3 amide bonds. The Balaban J connectivity index is 1.53. The van der Waals surface area contributed by atoms with Gasteiger partial charge in [-0.1, -0.05) is 44.4 Å². The number of carbonyl (C=O) groups excluding carboxylic acids is 2. The van der Waals surface area contributed by atoms with Crippen molar-refractivity contribution in [1.82, 2.24) is 4.90 Å². The second-order valence-corrected chi connectivity index (χ2v) is 8.04. The zero-order valence-corrected chi connectivity index (χ0v) is 17.4. The lowest BCUT2D eigenvalue weighted by Gasteiger charge is -2.34. The molecule has 2 aliphatic rings. The minimum atomic E-state index is -0.451. The fourth-order valence-corrected chi connectivity index (χ4v) is 4.32. The maximum absolute atomic E-state index is 13.1. The summed E-state index contributed by atoms with van der Waals surface area (Å²) in [6.07, 6.45) is 5.87. The molecule has 1 fully saturated rings. The van der Waals surface area contributed by atoms with E-state index in [-0.39, 0.29) is 18.0 Å². The summed E-state index contributed by atoms with van der Waals surface area (Å²) in [6, 6.07) is 14.9. The van der Waals surface area contributed by atoms with Gasteiger partial charge < -0.3 is 20.3 Å². The van der Waals surface area contributed by atoms with Gasteiger partial charge in [0.25, 0.3) is 5.91 Å². The molecule has 2 aromatic rings. The van der Waals surface area contributed by atoms with Crippen LogP contribution in [0.3, 0.4) is 0 Å². The van der Waals surface area contributed by atoms with E-state index in [9.17, 15) is 9.59 Å². The van der Waals surface area contributed by atoms with Crippen LogP contribution in [0, 0.1) is 0 Å². The summed E-state index contributed by atoms with van der Waals surface area (Å²) in [7, 11) is 0. The zero-order chi connectivity index (χ0) is 20.9. The van der Waals surface area contributed by atoms with Crippen molar-refractivity contribution in [3.05, 3.63) is 54.1 Å². The second-order valence-electron chi connectivity index (χ2n) is 8.04. The van der Waals surface area contributed by atoms with Crippen LogP contribution in [0.15, 0.2) is 48.5 Å². The molecule has 6 heteroatoms. The molecule has 2 N–H and O–H groups in total. The van der Waals surface area contributed by atoms with Crippen molar-refractivity contribution >= 4 is 23.3 Å². The molecule has 0 unspecified atom stereocenters. The van der Waals surface area contributed by atoms with Crippen molar-refractivity contribution in [2.75, 3.05) is 10.6 Å². The Morgan fingerprint density at radius 2 is 1.77 bits per heavy atom. The summed E-state index contributed by atoms with van der Waals surface area (Å²) in [5.74, 6) is 0.805. The maximum atomic E-state index is 13.1. The molecular formula is C24H29N3O3. The number of amides is 3. The van der Waals surface area contributed by atoms with Crippen LogP contribution < -0.4 is 15.4 Å². The van der Waals surface area contributed by atoms with Gasteiger partial charge in [-0.05, 0) is 49.6 Å². The van der Waals surface area contributed by atoms with E-state index >= 15 is 0 Å². The first kappa shape index (κ1) is 20.3. The van der Waals surface area contributed by atoms with E-state index in [0.717, 1.165) is 29.8 Å². The third kappa shape index (κ3) is 4.58. The number of nitrogens with zero attached hydrogens (tertiary/aromatic N) is 1. The van der Waals surface area contributed by atoms with Crippen LogP contribution in [-0.4, -0.2) is 29.0 Å². The molecule has 0 radical (unpaired) electrons. The van der Waals surface area contributed by atoms with Gasteiger partial charge in [-0.2, -0.15) is 0 Å². The van der Waals surface area contributed by atoms with Crippen LogP contribution in [0.25, 0.3) is 0 Å². The molecule has 0 aromatic heterocycles. The average molecular weight is 408 g/mol. The van der Waals surface area contributed by atoms with Gasteiger partial charge in [-0.15, -0.1) is 0 Å². The van der Waals surface area contributed by atoms with Crippen LogP contribution in [0.1, 0.15) is 51.0 Å². The number of benzene rings is 2. The van der Waals surface area contributed by atoms with Crippen molar-refractivity contribution in [3.8, 4) is 5.75 Å². The Bertz CT molecular complexity index is 894. The number of anilines is 2. The van der Waals surface area contributed by atoms with E-state index < -0.39 is 6.10 Å². The zero-order valence-electron chi connectivity index (χ0n) is 17.4. The van der Waals surface area contributed by atoms with E-state index in [1.54, 1.807) is 0 Å². The van der Waals surface area contributed by atoms with E-state index in [1.165, 1.54) is 19.3 Å². The highest BCUT2D eigenvalue weighted by atomic mass is 16.5. The summed E-state index contributed by atoms with van der Waals surface area (Å²) in [4.78, 5) is 27.5. The minimum absolute atomic E-state index is 0.0805. The summed E-state index contributed by atoms with van der Waals surface area (Å²) >= 11 is 0. The van der Waals surface area contributed by atoms with Gasteiger partial charge >= 0.3 is 6.03 Å². The van der Waals surface area contributed by atoms with Crippen LogP contribution in [-0.2, 0) is 11.3 Å². The molecule has 0 bridgehead atoms. The average Bonchev–Trinajstić information content (AvgIpc) is 2.91. The molecule has 0 spiro atoms. The lowest BCUT2D eigenvalue weighted by atomic mass is 9.93. The van der Waals surface area contributed by atoms with Gasteiger partial charge in [-0.25, -0.2) is 4.79 Å². The highest BCUT2D eigenvalue weighted by molar-refractivity contribution is 5.99. The van der Waals surface area contributed by atoms with Gasteiger partial charge in [0.05, 0.1) is 0 Å². The number of carbonyl (C=O) groups is 2. The lowest BCUT2D eigenvalue weighted by molar-refractivity contribution is -0.141. The Hall–Kier alpha value is -3.02. The number of rotatable bonds is 4. The first-order chi connectivity index (χ1) is 14.6. The van der Waals surface area contributed by atoms with Gasteiger partial charge in [0, 0.05) is 29.5 Å². The molecule has 1 aliphatic heterocycles. The van der Waals surface area contributed by atoms with Crippen molar-refractivity contribution in [2.24, 2.45) is 0 Å². The summed E-state index contributed by atoms with van der Waals surface area (Å²) < 4.78 is 6.08. The predicted octanol–water partition coefficient (Wildman–Crippen LogP) is 5.16. The first-order valence-electron chi connectivity index (χ1n) is 10.9. The smallest absolute Gasteiger partial charge is 0.323 e. The van der Waals surface area contributed by atoms with Crippen LogP contribution in [0.4, 0.5) is 16.2 Å². The largest absolute Gasteiger partial charge is 0.480 e. The van der Waals surface area contributed by atoms with E-state index in [2.05, 4.69) is 10.6 Å². The van der Waals surface area contributed by atoms with E-state index in [4.69, 9.17) is 4.74 Å². The molecule has 1 atom stereocenters. The Kier molecular flexibility index (Phi) is 6.21. The first-order valence-corrected chi connectivity index (χ1v) is 10.9. The van der Waals surface area contributed by atoms with Crippen LogP contribution in [0.5, 0.6) is 5.75 Å². The molecule has 4 rings (SSSR count). The predicted molar refractivity (Wildman–Crippen MR) is 118 cm³/mol. The summed E-state index contributed by atoms with van der Waals surface area (Å²) in [6.45, 7) is 2.50. The standard InChI is InChI=1S/C24H29N3O3/c1-2-21-23(28)27(20-11-7-4-8-12-20)16-17-15-19(13-14-22(17)30-21)26-24(29)25-18-9-5-3-6-10-18/h3,5-6,9-10,13-15,20-21H,2,4,7-8,11-12,16H2,1H3,(H2,25,26,29)/t21-/m1/s1. The number of nitrogens with one attached hydrogen (secondary N) is 2. The minimum Gasteiger partial charge on any atom is -0.480 e. The van der Waals surface area contributed by atoms with Crippen molar-refractivity contribution in [1.29, 1.82) is 0 Å². The van der Waals surface area contributed by atoms with Crippen LogP contribution in [0.2, 0.25) is 0 Å². The normalized spacial score (nSPS) is 19.4. The fraction of sp³-hybridized carbons (Fsp3) is 0.417. The summed E-state index contributed by atoms with van der Waals surface area (Å²) in [5.41, 5.74) is 2.34. The number of hydrogen-bond acceptors (Lipinski definition) is 3. The van der Waals surface area contributed by atoms with E-state index in [0.29, 0.717) is 18.7 Å². The van der Waals surface area contributed by atoms with Crippen molar-refractivity contribution in [3.63, 3.8) is 0 Å². The molecule has 1 saturated carbocycles. The van der Waals surface area contributed by atoms with E-state index in [1.807, 2.05) is 60.4 Å². The van der Waals surface area contributed by atoms with Gasteiger partial charge in [-0.3, -0.25) is 4.79 Å². The number of ether oxygens (including phenoxy) is 1. The maximum Gasteiger partial charge on any atom is 0.323 e. The fourth-order valence-electron chi connectivity index (χ4n) is 4.32. The highest BCUT2D eigenvalue weighted by Gasteiger charge is 2.34. The third-order valence-electron chi connectivity index (χ3n) is 5.90. The molecule has 30 heavy (non-hydrogen) atoms. The van der Waals surface area contributed by atoms with Crippen LogP contribution >= 0.6 is 0 Å². The van der Waals surface area contributed by atoms with Gasteiger partial charge in [0.1, 0.15) is 5.75 Å². The highest BCUT2D eigenvalue weighted by Crippen LogP contribution is 2.33. The lowest BCUT2D eigenvalue weighted by Crippen LogP contribution is -2.45. The molecule has 6 nitrogen and oxygen atoms in total. The van der Waals surface area contributed by atoms with Gasteiger partial charge in [0.15, 0.2) is 6.10 Å². The Labute approximate surface area is 177 Å². The third-order valence-corrected chi connectivity index (χ3v) is 5.90. The summed E-state index contributed by atoms with van der Waals surface area (Å²) in [5, 5.41) is 5.70. The Morgan fingerprint density at radius 3 is 2.50 bits per heavy atom. The van der Waals surface area contributed by atoms with Gasteiger partial charge in [0.2, 0.25) is 0 Å². The topological polar surface area (TPSA) is 70.7 Å². The number of hydrogen-bond donors (Lipinski definition) is 2. The molecule has 2 aromatic carbocycles. The second kappa shape index (κ2) is 9.20. The number of fused-ring (bicyclic) bond motifs is 1. The number of urea groups is 1. The molecule has 158 valence electrons. The van der Waals surface area contributed by atoms with Crippen molar-refractivity contribution in [2.45, 2.75) is 64.1 Å². The SMILES string of the molecule is CC[C@H]1Oc2ccc(NC(=O)Nc3ccccc3)cc2CN(C2CCCCC2)C1=O. The Morgan fingerprint density at radius 1 is 1.03 bits per heavy atom. The van der Waals surface area contributed by atoms with Crippen molar-refractivity contribution < 1.29 is 14.3 Å². The molecule has 0 saturated heterocycles. The molecular weight excluding hydrogens is 378 g/mol. The molecule has 1 heterocycles. The monoisotopic (exact) mass is 407 g/mol. The molecule has 1 aliphatic carbocycles. The number of para-hydroxylation sites is 1.